The van der Waals surface area contributed by atoms with E-state index in [1.807, 2.05) is 61.2 Å². The molecule has 0 aliphatic heterocycles. The first-order valence-corrected chi connectivity index (χ1v) is 20.6. The average Bonchev–Trinajstić information content (AvgIpc) is 3.63. The van der Waals surface area contributed by atoms with E-state index in [4.69, 9.17) is 9.97 Å². The van der Waals surface area contributed by atoms with Crippen LogP contribution in [0.2, 0.25) is 0 Å². The fraction of sp³-hybridized carbons (Fsp3) is 0.0741. The van der Waals surface area contributed by atoms with Crippen molar-refractivity contribution >= 4 is 68.0 Å². The summed E-state index contributed by atoms with van der Waals surface area (Å²) in [5.74, 6) is 0.565. The topological polar surface area (TPSA) is 56.5 Å². The van der Waals surface area contributed by atoms with E-state index in [-0.39, 0.29) is 60.3 Å². The number of hydrogen-bond donors (Lipinski definition) is 0. The largest absolute Gasteiger partial charge is 2.00 e. The Morgan fingerprint density at radius 3 is 1.29 bits per heavy atom. The van der Waals surface area contributed by atoms with Gasteiger partial charge in [0.15, 0.2) is 13.4 Å². The summed E-state index contributed by atoms with van der Waals surface area (Å²) in [6.45, 7) is 6.22. The molecule has 306 valence electrons. The number of hydrogen-bond acceptors (Lipinski definition) is 4. The third-order valence-electron chi connectivity index (χ3n) is 11.4. The van der Waals surface area contributed by atoms with E-state index >= 15 is 0 Å². The molecule has 0 aliphatic carbocycles. The standard InChI is InChI=1S/C54H39B2N5.Pd.Pt/c1-54(2,3)40-36-59-53(60-37-40)61-51-34-45(55(41-18-6-4-7-19-41)43-22-14-16-38(32-43)49-24-10-12-30-57-49)26-28-47(51)48-29-27-46(35-52(48)61)56(42-20-8-5-9-21-42)44-23-15-17-39(33-44)50-25-11-13-31-58-50;;/h4-31,36-37H,1-3H3;;/q-4;2*+2. The number of aromatic nitrogens is 5. The fourth-order valence-electron chi connectivity index (χ4n) is 8.25. The fourth-order valence-corrected chi connectivity index (χ4v) is 8.25. The minimum Gasteiger partial charge on any atom is -0.328 e. The van der Waals surface area contributed by atoms with Gasteiger partial charge in [-0.15, -0.1) is 59.7 Å². The van der Waals surface area contributed by atoms with Gasteiger partial charge in [0.05, 0.1) is 0 Å². The molecule has 10 aromatic rings. The van der Waals surface area contributed by atoms with Gasteiger partial charge >= 0.3 is 41.5 Å². The maximum absolute atomic E-state index is 5.05. The smallest absolute Gasteiger partial charge is 0.328 e. The van der Waals surface area contributed by atoms with Crippen molar-refractivity contribution in [3.05, 3.63) is 212 Å². The van der Waals surface area contributed by atoms with Crippen molar-refractivity contribution in [2.75, 3.05) is 0 Å². The predicted octanol–water partition coefficient (Wildman–Crippen LogP) is 7.22. The zero-order chi connectivity index (χ0) is 41.3. The summed E-state index contributed by atoms with van der Waals surface area (Å²) in [6.07, 6.45) is 7.54. The van der Waals surface area contributed by atoms with Gasteiger partial charge in [0.25, 0.3) is 0 Å². The molecule has 0 fully saturated rings. The van der Waals surface area contributed by atoms with Crippen LogP contribution < -0.4 is 32.8 Å². The van der Waals surface area contributed by atoms with Crippen LogP contribution in [0.4, 0.5) is 0 Å². The molecule has 0 atom stereocenters. The summed E-state index contributed by atoms with van der Waals surface area (Å²) in [4.78, 5) is 19.4. The molecular weight excluding hydrogens is 1040 g/mol. The molecular formula is C54H39B2N5PdPt. The zero-order valence-corrected chi connectivity index (χ0v) is 38.7. The Morgan fingerprint density at radius 1 is 0.444 bits per heavy atom. The van der Waals surface area contributed by atoms with Crippen molar-refractivity contribution in [1.82, 2.24) is 24.5 Å². The van der Waals surface area contributed by atoms with Gasteiger partial charge in [-0.3, -0.25) is 0 Å². The Bertz CT molecular complexity index is 2940. The molecule has 10 rings (SSSR count). The van der Waals surface area contributed by atoms with Crippen LogP contribution in [0.3, 0.4) is 0 Å². The molecule has 0 radical (unpaired) electrons. The molecule has 0 saturated heterocycles. The molecule has 63 heavy (non-hydrogen) atoms. The second-order valence-electron chi connectivity index (χ2n) is 16.4. The Hall–Kier alpha value is -6.02. The molecule has 0 bridgehead atoms. The van der Waals surface area contributed by atoms with Crippen LogP contribution in [0.25, 0.3) is 50.3 Å². The normalized spacial score (nSPS) is 11.2. The third kappa shape index (κ3) is 8.82. The molecule has 0 amide bonds. The van der Waals surface area contributed by atoms with Crippen LogP contribution >= 0.6 is 0 Å². The SMILES string of the molecule is CC(C)(C)c1cnc(-n2c3[c-]c(B(c4[c-]c(-c5ccccn5)ccc4)c4ccccc4)ccc3c3ccc(B(c4[c-]c(-c5ccccn5)ccc4)c4ccccc4)[c-]c32)nc1.[Pd+2].[Pt+2]. The first-order valence-electron chi connectivity index (χ1n) is 20.6. The van der Waals surface area contributed by atoms with Gasteiger partial charge in [0, 0.05) is 24.8 Å². The van der Waals surface area contributed by atoms with Crippen LogP contribution in [0.1, 0.15) is 26.3 Å². The van der Waals surface area contributed by atoms with Crippen molar-refractivity contribution in [3.63, 3.8) is 0 Å². The van der Waals surface area contributed by atoms with Crippen LogP contribution in [-0.4, -0.2) is 37.9 Å². The van der Waals surface area contributed by atoms with E-state index in [0.29, 0.717) is 5.95 Å². The van der Waals surface area contributed by atoms with Crippen LogP contribution in [0.15, 0.2) is 183 Å². The molecule has 0 N–H and O–H groups in total. The number of pyridine rings is 2. The van der Waals surface area contributed by atoms with Crippen molar-refractivity contribution < 1.29 is 41.5 Å². The van der Waals surface area contributed by atoms with E-state index < -0.39 is 0 Å². The van der Waals surface area contributed by atoms with Gasteiger partial charge < -0.3 is 14.5 Å². The summed E-state index contributed by atoms with van der Waals surface area (Å²) in [7, 11) is 0. The molecule has 4 aromatic heterocycles. The van der Waals surface area contributed by atoms with E-state index in [1.165, 1.54) is 0 Å². The Kier molecular flexibility index (Phi) is 13.0. The third-order valence-corrected chi connectivity index (χ3v) is 11.4. The maximum atomic E-state index is 5.05. The van der Waals surface area contributed by atoms with Crippen molar-refractivity contribution in [1.29, 1.82) is 0 Å². The molecule has 9 heteroatoms. The summed E-state index contributed by atoms with van der Waals surface area (Å²) >= 11 is 0. The summed E-state index contributed by atoms with van der Waals surface area (Å²) in [6, 6.07) is 69.9. The number of nitrogens with zero attached hydrogens (tertiary/aromatic N) is 5. The van der Waals surface area contributed by atoms with Gasteiger partial charge in [-0.25, -0.2) is 9.97 Å². The summed E-state index contributed by atoms with van der Waals surface area (Å²) in [5.41, 5.74) is 12.7. The quantitative estimate of drug-likeness (QED) is 0.113. The minimum absolute atomic E-state index is 0. The van der Waals surface area contributed by atoms with Crippen molar-refractivity contribution in [2.45, 2.75) is 26.2 Å². The van der Waals surface area contributed by atoms with Gasteiger partial charge in [0.2, 0.25) is 5.95 Å². The minimum atomic E-state index is -0.158. The Morgan fingerprint density at radius 2 is 0.873 bits per heavy atom. The van der Waals surface area contributed by atoms with E-state index in [0.717, 1.165) is 82.7 Å². The Balaban J connectivity index is 0.00000272. The molecule has 0 saturated carbocycles. The molecule has 0 aliphatic rings. The van der Waals surface area contributed by atoms with E-state index in [1.54, 1.807) is 0 Å². The predicted molar refractivity (Wildman–Crippen MR) is 252 cm³/mol. The first-order chi connectivity index (χ1) is 29.9. The average molecular weight is 1080 g/mol. The van der Waals surface area contributed by atoms with Crippen molar-refractivity contribution in [3.8, 4) is 28.5 Å². The van der Waals surface area contributed by atoms with Gasteiger partial charge in [-0.2, -0.15) is 69.0 Å². The number of benzene rings is 6. The first kappa shape index (κ1) is 43.6. The van der Waals surface area contributed by atoms with Gasteiger partial charge in [-0.05, 0) is 34.5 Å². The van der Waals surface area contributed by atoms with Crippen LogP contribution in [-0.2, 0) is 46.9 Å². The monoisotopic (exact) mass is 1080 g/mol. The Labute approximate surface area is 398 Å². The molecule has 0 unspecified atom stereocenters. The van der Waals surface area contributed by atoms with Crippen LogP contribution in [0.5, 0.6) is 0 Å². The summed E-state index contributed by atoms with van der Waals surface area (Å²) in [5, 5.41) is 2.09. The molecule has 5 nitrogen and oxygen atoms in total. The number of rotatable bonds is 9. The maximum Gasteiger partial charge on any atom is 2.00 e. The second-order valence-corrected chi connectivity index (χ2v) is 16.4. The number of fused-ring (bicyclic) bond motifs is 3. The van der Waals surface area contributed by atoms with Crippen molar-refractivity contribution in [2.24, 2.45) is 0 Å². The summed E-state index contributed by atoms with van der Waals surface area (Å²) < 4.78 is 2.14. The van der Waals surface area contributed by atoms with Crippen LogP contribution in [0, 0.1) is 24.3 Å². The zero-order valence-electron chi connectivity index (χ0n) is 34.8. The van der Waals surface area contributed by atoms with E-state index in [9.17, 15) is 0 Å². The molecule has 4 heterocycles. The second kappa shape index (κ2) is 18.8. The van der Waals surface area contributed by atoms with Gasteiger partial charge in [-0.1, -0.05) is 128 Å². The van der Waals surface area contributed by atoms with E-state index in [2.05, 4.69) is 181 Å². The van der Waals surface area contributed by atoms with Gasteiger partial charge in [0.1, 0.15) is 0 Å². The molecule has 6 aromatic carbocycles. The molecule has 0 spiro atoms.